The zero-order chi connectivity index (χ0) is 14.4. The maximum absolute atomic E-state index is 10.3. The molecule has 0 spiro atoms. The zero-order valence-corrected chi connectivity index (χ0v) is 16.3. The second-order valence-corrected chi connectivity index (χ2v) is 7.36. The van der Waals surface area contributed by atoms with E-state index >= 15 is 0 Å². The number of nitrogens with zero attached hydrogens (tertiary/aromatic N) is 2. The number of halogens is 1. The van der Waals surface area contributed by atoms with Gasteiger partial charge in [0, 0.05) is 29.9 Å². The lowest BCUT2D eigenvalue weighted by molar-refractivity contribution is 0.0724. The van der Waals surface area contributed by atoms with Crippen LogP contribution in [0.1, 0.15) is 23.2 Å². The minimum atomic E-state index is -0.599. The quantitative estimate of drug-likeness (QED) is 0.370. The molecule has 0 amide bonds. The average Bonchev–Trinajstić information content (AvgIpc) is 3.03. The molecule has 1 saturated heterocycles. The van der Waals surface area contributed by atoms with Crippen LogP contribution in [0.2, 0.25) is 0 Å². The van der Waals surface area contributed by atoms with Gasteiger partial charge in [-0.15, -0.1) is 35.3 Å². The molecule has 1 atom stereocenters. The van der Waals surface area contributed by atoms with Gasteiger partial charge in [0.1, 0.15) is 5.01 Å². The van der Waals surface area contributed by atoms with Crippen LogP contribution in [0.4, 0.5) is 0 Å². The van der Waals surface area contributed by atoms with Crippen molar-refractivity contribution in [1.82, 2.24) is 15.6 Å². The number of aromatic nitrogens is 1. The topological polar surface area (TPSA) is 69.5 Å². The fourth-order valence-electron chi connectivity index (χ4n) is 1.95. The number of aryl methyl sites for hydroxylation is 1. The Morgan fingerprint density at radius 2 is 2.33 bits per heavy atom. The van der Waals surface area contributed by atoms with Crippen LogP contribution in [-0.2, 0) is 6.54 Å². The van der Waals surface area contributed by atoms with Crippen molar-refractivity contribution in [1.29, 1.82) is 0 Å². The van der Waals surface area contributed by atoms with Crippen LogP contribution in [-0.4, -0.2) is 46.2 Å². The lowest BCUT2D eigenvalue weighted by atomic mass is 10.0. The Hall–Kier alpha value is -0.0600. The van der Waals surface area contributed by atoms with Gasteiger partial charge in [0.15, 0.2) is 5.96 Å². The number of thioether (sulfide) groups is 1. The van der Waals surface area contributed by atoms with E-state index in [0.29, 0.717) is 13.1 Å². The molecule has 0 aromatic carbocycles. The van der Waals surface area contributed by atoms with Gasteiger partial charge in [-0.1, -0.05) is 0 Å². The first-order valence-electron chi connectivity index (χ1n) is 6.85. The molecule has 120 valence electrons. The van der Waals surface area contributed by atoms with Gasteiger partial charge in [0.05, 0.1) is 12.1 Å². The largest absolute Gasteiger partial charge is 0.387 e. The third kappa shape index (κ3) is 6.29. The Bertz CT molecular complexity index is 461. The molecule has 0 bridgehead atoms. The molecule has 0 aliphatic carbocycles. The van der Waals surface area contributed by atoms with Crippen molar-refractivity contribution in [3.05, 3.63) is 16.1 Å². The molecule has 8 heteroatoms. The molecule has 2 heterocycles. The number of guanidine groups is 1. The molecular weight excluding hydrogens is 419 g/mol. The van der Waals surface area contributed by atoms with Gasteiger partial charge in [-0.2, -0.15) is 11.8 Å². The van der Waals surface area contributed by atoms with Crippen LogP contribution in [0, 0.1) is 6.92 Å². The van der Waals surface area contributed by atoms with Gasteiger partial charge < -0.3 is 15.7 Å². The first-order chi connectivity index (χ1) is 9.61. The highest BCUT2D eigenvalue weighted by Gasteiger charge is 2.31. The Kier molecular flexibility index (Phi) is 8.28. The van der Waals surface area contributed by atoms with Crippen LogP contribution in [0.25, 0.3) is 0 Å². The normalized spacial score (nSPS) is 22.0. The van der Waals surface area contributed by atoms with Crippen molar-refractivity contribution in [2.45, 2.75) is 32.4 Å². The number of hydrogen-bond donors (Lipinski definition) is 3. The summed E-state index contributed by atoms with van der Waals surface area (Å²) in [5, 5.41) is 17.8. The number of aliphatic imine (C=N–C) groups is 1. The molecular formula is C13H23IN4OS2. The maximum Gasteiger partial charge on any atom is 0.191 e. The summed E-state index contributed by atoms with van der Waals surface area (Å²) in [6.45, 7) is 5.99. The van der Waals surface area contributed by atoms with Crippen LogP contribution < -0.4 is 10.6 Å². The fourth-order valence-corrected chi connectivity index (χ4v) is 3.95. The molecule has 5 nitrogen and oxygen atoms in total. The highest BCUT2D eigenvalue weighted by atomic mass is 127. The van der Waals surface area contributed by atoms with E-state index < -0.39 is 5.60 Å². The van der Waals surface area contributed by atoms with Gasteiger partial charge in [-0.3, -0.25) is 0 Å². The van der Waals surface area contributed by atoms with Crippen LogP contribution in [0.3, 0.4) is 0 Å². The van der Waals surface area contributed by atoms with Gasteiger partial charge >= 0.3 is 0 Å². The van der Waals surface area contributed by atoms with Crippen LogP contribution >= 0.6 is 47.1 Å². The monoisotopic (exact) mass is 442 g/mol. The predicted molar refractivity (Wildman–Crippen MR) is 102 cm³/mol. The Labute approximate surface area is 151 Å². The minimum Gasteiger partial charge on any atom is -0.387 e. The molecule has 1 aliphatic heterocycles. The van der Waals surface area contributed by atoms with E-state index in [1.165, 1.54) is 4.88 Å². The summed E-state index contributed by atoms with van der Waals surface area (Å²) >= 11 is 3.46. The summed E-state index contributed by atoms with van der Waals surface area (Å²) in [7, 11) is 0. The molecule has 3 N–H and O–H groups in total. The zero-order valence-electron chi connectivity index (χ0n) is 12.4. The van der Waals surface area contributed by atoms with Gasteiger partial charge in [0.25, 0.3) is 0 Å². The van der Waals surface area contributed by atoms with E-state index in [0.717, 1.165) is 35.4 Å². The molecule has 1 fully saturated rings. The van der Waals surface area contributed by atoms with Crippen molar-refractivity contribution in [2.24, 2.45) is 4.99 Å². The predicted octanol–water partition coefficient (Wildman–Crippen LogP) is 1.99. The summed E-state index contributed by atoms with van der Waals surface area (Å²) in [6.07, 6.45) is 2.71. The molecule has 2 rings (SSSR count). The second kappa shape index (κ2) is 9.16. The molecule has 1 aliphatic rings. The van der Waals surface area contributed by atoms with Gasteiger partial charge in [-0.05, 0) is 26.0 Å². The number of thiazole rings is 1. The smallest absolute Gasteiger partial charge is 0.191 e. The highest BCUT2D eigenvalue weighted by Crippen LogP contribution is 2.26. The standard InChI is InChI=1S/C13H22N4OS2.HI/c1-3-14-12(16-7-11-15-6-10(2)20-11)17-8-13(18)4-5-19-9-13;/h6,18H,3-5,7-9H2,1-2H3,(H2,14,16,17);1H. The first-order valence-corrected chi connectivity index (χ1v) is 8.82. The fraction of sp³-hybridized carbons (Fsp3) is 0.692. The van der Waals surface area contributed by atoms with Gasteiger partial charge in [-0.25, -0.2) is 9.98 Å². The Morgan fingerprint density at radius 1 is 1.52 bits per heavy atom. The number of hydrogen-bond acceptors (Lipinski definition) is 5. The van der Waals surface area contributed by atoms with E-state index in [-0.39, 0.29) is 24.0 Å². The number of nitrogens with one attached hydrogen (secondary N) is 2. The summed E-state index contributed by atoms with van der Waals surface area (Å²) in [5.74, 6) is 2.57. The van der Waals surface area contributed by atoms with E-state index in [4.69, 9.17) is 0 Å². The lowest BCUT2D eigenvalue weighted by Crippen LogP contribution is -2.47. The highest BCUT2D eigenvalue weighted by molar-refractivity contribution is 14.0. The Balaban J connectivity index is 0.00000220. The molecule has 21 heavy (non-hydrogen) atoms. The summed E-state index contributed by atoms with van der Waals surface area (Å²) in [4.78, 5) is 10.0. The third-order valence-corrected chi connectivity index (χ3v) is 5.18. The molecule has 1 unspecified atom stereocenters. The van der Waals surface area contributed by atoms with Crippen LogP contribution in [0.15, 0.2) is 11.2 Å². The van der Waals surface area contributed by atoms with Crippen molar-refractivity contribution >= 4 is 53.0 Å². The molecule has 1 aromatic heterocycles. The first kappa shape index (κ1) is 19.0. The number of aliphatic hydroxyl groups is 1. The molecule has 0 radical (unpaired) electrons. The van der Waals surface area contributed by atoms with Crippen molar-refractivity contribution < 1.29 is 5.11 Å². The lowest BCUT2D eigenvalue weighted by Gasteiger charge is -2.23. The second-order valence-electron chi connectivity index (χ2n) is 4.94. The maximum atomic E-state index is 10.3. The van der Waals surface area contributed by atoms with Crippen molar-refractivity contribution in [2.75, 3.05) is 24.6 Å². The average molecular weight is 442 g/mol. The number of rotatable bonds is 5. The van der Waals surface area contributed by atoms with Crippen LogP contribution in [0.5, 0.6) is 0 Å². The third-order valence-electron chi connectivity index (χ3n) is 3.05. The van der Waals surface area contributed by atoms with E-state index in [1.54, 1.807) is 23.1 Å². The van der Waals surface area contributed by atoms with E-state index in [2.05, 4.69) is 20.6 Å². The summed E-state index contributed by atoms with van der Waals surface area (Å²) in [6, 6.07) is 0. The van der Waals surface area contributed by atoms with Crippen molar-refractivity contribution in [3.8, 4) is 0 Å². The Morgan fingerprint density at radius 3 is 2.90 bits per heavy atom. The molecule has 1 aromatic rings. The SMILES string of the molecule is CCNC(=NCc1ncc(C)s1)NCC1(O)CCSC1.I. The minimum absolute atomic E-state index is 0. The summed E-state index contributed by atoms with van der Waals surface area (Å²) < 4.78 is 0. The van der Waals surface area contributed by atoms with Gasteiger partial charge in [0.2, 0.25) is 0 Å². The van der Waals surface area contributed by atoms with E-state index in [1.807, 2.05) is 20.0 Å². The van der Waals surface area contributed by atoms with Crippen molar-refractivity contribution in [3.63, 3.8) is 0 Å². The summed E-state index contributed by atoms with van der Waals surface area (Å²) in [5.41, 5.74) is -0.599. The molecule has 0 saturated carbocycles. The van der Waals surface area contributed by atoms with E-state index in [9.17, 15) is 5.11 Å².